The summed E-state index contributed by atoms with van der Waals surface area (Å²) in [6, 6.07) is 10.3. The maximum absolute atomic E-state index is 12.5. The minimum absolute atomic E-state index is 0.0194. The minimum atomic E-state index is -0.890. The lowest BCUT2D eigenvalue weighted by atomic mass is 10.1. The highest BCUT2D eigenvalue weighted by atomic mass is 16.6. The molecule has 1 aliphatic heterocycles. The number of hydrogen-bond donors (Lipinski definition) is 1. The van der Waals surface area contributed by atoms with Gasteiger partial charge >= 0.3 is 11.9 Å². The molecule has 2 aromatic rings. The number of imide groups is 2. The van der Waals surface area contributed by atoms with Gasteiger partial charge in [-0.2, -0.15) is 0 Å². The zero-order valence-corrected chi connectivity index (χ0v) is 12.7. The Hall–Kier alpha value is -3.75. The van der Waals surface area contributed by atoms with Gasteiger partial charge in [0.2, 0.25) is 0 Å². The van der Waals surface area contributed by atoms with Crippen molar-refractivity contribution in [1.29, 1.82) is 0 Å². The molecule has 1 aromatic heterocycles. The van der Waals surface area contributed by atoms with E-state index in [1.807, 2.05) is 0 Å². The SMILES string of the molecule is O=C1NC(=O)N(Cc2ccccc2)C(=O)/C1=C/c1ccc([N+](=O)[O-])o1. The molecular weight excluding hydrogens is 330 g/mol. The van der Waals surface area contributed by atoms with Crippen molar-refractivity contribution >= 4 is 29.8 Å². The molecule has 0 atom stereocenters. The number of hydrogen-bond acceptors (Lipinski definition) is 6. The van der Waals surface area contributed by atoms with Crippen LogP contribution in [-0.4, -0.2) is 27.7 Å². The fourth-order valence-corrected chi connectivity index (χ4v) is 2.26. The van der Waals surface area contributed by atoms with Crippen molar-refractivity contribution in [2.75, 3.05) is 0 Å². The Balaban J connectivity index is 1.89. The molecule has 9 heteroatoms. The van der Waals surface area contributed by atoms with Crippen LogP contribution in [0.5, 0.6) is 0 Å². The van der Waals surface area contributed by atoms with Gasteiger partial charge in [-0.3, -0.25) is 29.9 Å². The Bertz CT molecular complexity index is 900. The first-order chi connectivity index (χ1) is 12.0. The van der Waals surface area contributed by atoms with E-state index >= 15 is 0 Å². The van der Waals surface area contributed by atoms with Crippen molar-refractivity contribution in [1.82, 2.24) is 10.2 Å². The molecule has 1 fully saturated rings. The second-order valence-electron chi connectivity index (χ2n) is 5.13. The second kappa shape index (κ2) is 6.40. The van der Waals surface area contributed by atoms with Gasteiger partial charge in [0.15, 0.2) is 0 Å². The second-order valence-corrected chi connectivity index (χ2v) is 5.13. The van der Waals surface area contributed by atoms with Gasteiger partial charge in [-0.25, -0.2) is 4.79 Å². The molecule has 0 unspecified atom stereocenters. The molecule has 1 aromatic carbocycles. The Morgan fingerprint density at radius 2 is 1.84 bits per heavy atom. The third-order valence-corrected chi connectivity index (χ3v) is 3.45. The van der Waals surface area contributed by atoms with Crippen LogP contribution < -0.4 is 5.32 Å². The van der Waals surface area contributed by atoms with E-state index in [0.29, 0.717) is 5.56 Å². The van der Waals surface area contributed by atoms with Crippen molar-refractivity contribution in [3.8, 4) is 0 Å². The normalized spacial score (nSPS) is 16.2. The molecule has 0 radical (unpaired) electrons. The topological polar surface area (TPSA) is 123 Å². The number of urea groups is 1. The summed E-state index contributed by atoms with van der Waals surface area (Å²) in [5.41, 5.74) is 0.355. The van der Waals surface area contributed by atoms with E-state index in [1.165, 1.54) is 6.07 Å². The number of rotatable bonds is 4. The van der Waals surface area contributed by atoms with Crippen molar-refractivity contribution in [3.63, 3.8) is 0 Å². The molecule has 1 saturated heterocycles. The fraction of sp³-hybridized carbons (Fsp3) is 0.0625. The lowest BCUT2D eigenvalue weighted by Crippen LogP contribution is -2.53. The molecule has 2 heterocycles. The molecular formula is C16H11N3O6. The first-order valence-corrected chi connectivity index (χ1v) is 7.13. The number of nitrogens with one attached hydrogen (secondary N) is 1. The summed E-state index contributed by atoms with van der Waals surface area (Å²) < 4.78 is 4.91. The number of carbonyl (C=O) groups is 3. The van der Waals surface area contributed by atoms with Crippen molar-refractivity contribution in [2.45, 2.75) is 6.54 Å². The molecule has 25 heavy (non-hydrogen) atoms. The van der Waals surface area contributed by atoms with Gasteiger partial charge in [0.05, 0.1) is 12.6 Å². The van der Waals surface area contributed by atoms with Gasteiger partial charge in [0.25, 0.3) is 11.8 Å². The number of nitrogens with zero attached hydrogens (tertiary/aromatic N) is 2. The summed E-state index contributed by atoms with van der Waals surface area (Å²) in [6.45, 7) is -0.0194. The third-order valence-electron chi connectivity index (χ3n) is 3.45. The van der Waals surface area contributed by atoms with Crippen molar-refractivity contribution < 1.29 is 23.7 Å². The van der Waals surface area contributed by atoms with E-state index in [2.05, 4.69) is 5.32 Å². The molecule has 9 nitrogen and oxygen atoms in total. The predicted molar refractivity (Wildman–Crippen MR) is 83.9 cm³/mol. The summed E-state index contributed by atoms with van der Waals surface area (Å²) in [4.78, 5) is 47.1. The zero-order chi connectivity index (χ0) is 18.0. The largest absolute Gasteiger partial charge is 0.433 e. The lowest BCUT2D eigenvalue weighted by Gasteiger charge is -2.26. The molecule has 0 spiro atoms. The molecule has 1 N–H and O–H groups in total. The van der Waals surface area contributed by atoms with Gasteiger partial charge < -0.3 is 4.42 Å². The van der Waals surface area contributed by atoms with E-state index in [4.69, 9.17) is 4.42 Å². The average molecular weight is 341 g/mol. The van der Waals surface area contributed by atoms with Gasteiger partial charge in [-0.1, -0.05) is 30.3 Å². The number of amides is 4. The van der Waals surface area contributed by atoms with Crippen molar-refractivity contribution in [3.05, 3.63) is 69.5 Å². The van der Waals surface area contributed by atoms with Crippen LogP contribution in [0.25, 0.3) is 6.08 Å². The van der Waals surface area contributed by atoms with Crippen LogP contribution in [-0.2, 0) is 16.1 Å². The van der Waals surface area contributed by atoms with Crippen LogP contribution in [0.15, 0.2) is 52.5 Å². The van der Waals surface area contributed by atoms with Crippen LogP contribution in [0.4, 0.5) is 10.7 Å². The molecule has 0 saturated carbocycles. The van der Waals surface area contributed by atoms with Gasteiger partial charge in [-0.15, -0.1) is 0 Å². The summed E-state index contributed by atoms with van der Waals surface area (Å²) in [7, 11) is 0. The number of carbonyl (C=O) groups excluding carboxylic acids is 3. The summed E-state index contributed by atoms with van der Waals surface area (Å²) in [5, 5.41) is 12.7. The van der Waals surface area contributed by atoms with Gasteiger partial charge in [0.1, 0.15) is 16.3 Å². The van der Waals surface area contributed by atoms with Crippen LogP contribution in [0.3, 0.4) is 0 Å². The number of nitro groups is 1. The van der Waals surface area contributed by atoms with Gasteiger partial charge in [0, 0.05) is 0 Å². The minimum Gasteiger partial charge on any atom is -0.401 e. The van der Waals surface area contributed by atoms with E-state index < -0.39 is 28.7 Å². The third kappa shape index (κ3) is 3.29. The monoisotopic (exact) mass is 341 g/mol. The Labute approximate surface area is 140 Å². The van der Waals surface area contributed by atoms with Crippen LogP contribution in [0, 0.1) is 10.1 Å². The van der Waals surface area contributed by atoms with E-state index in [-0.39, 0.29) is 17.9 Å². The molecule has 1 aliphatic rings. The summed E-state index contributed by atoms with van der Waals surface area (Å²) >= 11 is 0. The quantitative estimate of drug-likeness (QED) is 0.392. The number of furan rings is 1. The average Bonchev–Trinajstić information content (AvgIpc) is 3.05. The van der Waals surface area contributed by atoms with Crippen LogP contribution in [0.2, 0.25) is 0 Å². The first-order valence-electron chi connectivity index (χ1n) is 7.13. The Morgan fingerprint density at radius 3 is 2.48 bits per heavy atom. The predicted octanol–water partition coefficient (Wildman–Crippen LogP) is 1.85. The molecule has 0 bridgehead atoms. The maximum atomic E-state index is 12.5. The number of barbiturate groups is 1. The van der Waals surface area contributed by atoms with Crippen molar-refractivity contribution in [2.24, 2.45) is 0 Å². The number of benzene rings is 1. The maximum Gasteiger partial charge on any atom is 0.433 e. The highest BCUT2D eigenvalue weighted by molar-refractivity contribution is 6.30. The Kier molecular flexibility index (Phi) is 4.12. The van der Waals surface area contributed by atoms with E-state index in [9.17, 15) is 24.5 Å². The summed E-state index contributed by atoms with van der Waals surface area (Å²) in [5.74, 6) is -2.26. The molecule has 126 valence electrons. The van der Waals surface area contributed by atoms with E-state index in [0.717, 1.165) is 17.0 Å². The summed E-state index contributed by atoms with van der Waals surface area (Å²) in [6.07, 6.45) is 1.06. The lowest BCUT2D eigenvalue weighted by molar-refractivity contribution is -0.402. The van der Waals surface area contributed by atoms with Crippen LogP contribution in [0.1, 0.15) is 11.3 Å². The van der Waals surface area contributed by atoms with Crippen LogP contribution >= 0.6 is 0 Å². The Morgan fingerprint density at radius 1 is 1.12 bits per heavy atom. The zero-order valence-electron chi connectivity index (χ0n) is 12.7. The molecule has 3 rings (SSSR count). The molecule has 0 aliphatic carbocycles. The smallest absolute Gasteiger partial charge is 0.401 e. The molecule has 4 amide bonds. The highest BCUT2D eigenvalue weighted by Crippen LogP contribution is 2.21. The fourth-order valence-electron chi connectivity index (χ4n) is 2.26. The highest BCUT2D eigenvalue weighted by Gasteiger charge is 2.36. The van der Waals surface area contributed by atoms with E-state index in [1.54, 1.807) is 30.3 Å². The van der Waals surface area contributed by atoms with Gasteiger partial charge in [-0.05, 0) is 17.7 Å². The standard InChI is InChI=1S/C16H11N3O6/c20-14-12(8-11-6-7-13(25-11)19(23)24)15(21)18(16(22)17-14)9-10-4-2-1-3-5-10/h1-8H,9H2,(H,17,20,22)/b12-8+. The first kappa shape index (κ1) is 16.1.